The van der Waals surface area contributed by atoms with Gasteiger partial charge in [-0.2, -0.15) is 10.2 Å². The van der Waals surface area contributed by atoms with Crippen LogP contribution in [0.25, 0.3) is 0 Å². The van der Waals surface area contributed by atoms with Crippen molar-refractivity contribution < 1.29 is 4.74 Å². The van der Waals surface area contributed by atoms with E-state index in [1.54, 1.807) is 0 Å². The fraction of sp³-hybridized carbons (Fsp3) is 0.692. The number of hydrogen-bond acceptors (Lipinski definition) is 4. The first-order valence-electron chi connectivity index (χ1n) is 6.31. The van der Waals surface area contributed by atoms with Crippen molar-refractivity contribution >= 4 is 0 Å². The molecule has 17 heavy (non-hydrogen) atoms. The van der Waals surface area contributed by atoms with Gasteiger partial charge in [-0.15, -0.1) is 0 Å². The Balaban J connectivity index is 2.02. The molecular weight excluding hydrogens is 214 g/mol. The van der Waals surface area contributed by atoms with Gasteiger partial charge in [-0.05, 0) is 50.7 Å². The molecule has 0 spiro atoms. The summed E-state index contributed by atoms with van der Waals surface area (Å²) in [6, 6.07) is 2.14. The van der Waals surface area contributed by atoms with Crippen LogP contribution in [0.5, 0.6) is 0 Å². The number of nitrogens with zero attached hydrogens (tertiary/aromatic N) is 2. The van der Waals surface area contributed by atoms with Gasteiger partial charge in [-0.1, -0.05) is 0 Å². The van der Waals surface area contributed by atoms with E-state index < -0.39 is 0 Å². The molecule has 1 aromatic heterocycles. The lowest BCUT2D eigenvalue weighted by Crippen LogP contribution is -2.22. The molecule has 1 saturated heterocycles. The molecule has 1 aliphatic rings. The topological polar surface area (TPSA) is 61.0 Å². The molecule has 0 aromatic carbocycles. The van der Waals surface area contributed by atoms with Gasteiger partial charge in [-0.25, -0.2) is 0 Å². The third-order valence-electron chi connectivity index (χ3n) is 3.47. The first-order valence-corrected chi connectivity index (χ1v) is 6.31. The third kappa shape index (κ3) is 3.23. The number of nitrogens with two attached hydrogens (primary N) is 1. The van der Waals surface area contributed by atoms with Crippen LogP contribution in [0.1, 0.15) is 42.3 Å². The van der Waals surface area contributed by atoms with Crippen molar-refractivity contribution in [2.24, 2.45) is 11.7 Å². The Labute approximate surface area is 103 Å². The molecule has 2 heterocycles. The van der Waals surface area contributed by atoms with Gasteiger partial charge in [0.05, 0.1) is 11.4 Å². The van der Waals surface area contributed by atoms with Crippen LogP contribution in [0.2, 0.25) is 0 Å². The monoisotopic (exact) mass is 235 g/mol. The molecule has 1 aromatic rings. The Kier molecular flexibility index (Phi) is 4.07. The highest BCUT2D eigenvalue weighted by Gasteiger charge is 2.19. The smallest absolute Gasteiger partial charge is 0.0648 e. The molecule has 2 N–H and O–H groups in total. The van der Waals surface area contributed by atoms with E-state index in [0.717, 1.165) is 49.4 Å². The second kappa shape index (κ2) is 5.56. The number of ether oxygens (including phenoxy) is 1. The van der Waals surface area contributed by atoms with Gasteiger partial charge in [0.1, 0.15) is 0 Å². The molecule has 4 nitrogen and oxygen atoms in total. The van der Waals surface area contributed by atoms with Crippen molar-refractivity contribution in [1.82, 2.24) is 10.2 Å². The second-order valence-electron chi connectivity index (χ2n) is 4.92. The van der Waals surface area contributed by atoms with Gasteiger partial charge in [0.15, 0.2) is 0 Å². The van der Waals surface area contributed by atoms with Crippen LogP contribution in [0.15, 0.2) is 6.07 Å². The van der Waals surface area contributed by atoms with E-state index in [1.165, 1.54) is 0 Å². The summed E-state index contributed by atoms with van der Waals surface area (Å²) in [5.41, 5.74) is 9.32. The maximum atomic E-state index is 6.29. The highest BCUT2D eigenvalue weighted by molar-refractivity contribution is 5.23. The van der Waals surface area contributed by atoms with Crippen molar-refractivity contribution in [3.05, 3.63) is 23.0 Å². The van der Waals surface area contributed by atoms with Crippen LogP contribution in [-0.4, -0.2) is 23.4 Å². The summed E-state index contributed by atoms with van der Waals surface area (Å²) in [5.74, 6) is 0.687. The minimum absolute atomic E-state index is 0.0762. The second-order valence-corrected chi connectivity index (χ2v) is 4.92. The zero-order valence-electron chi connectivity index (χ0n) is 10.6. The molecule has 1 atom stereocenters. The van der Waals surface area contributed by atoms with Gasteiger partial charge < -0.3 is 10.5 Å². The molecular formula is C13H21N3O. The number of hydrogen-bond donors (Lipinski definition) is 1. The first-order chi connectivity index (χ1) is 8.16. The Morgan fingerprint density at radius 2 is 2.06 bits per heavy atom. The standard InChI is InChI=1S/C13H21N3O/c1-9-7-12(10(2)16-15-9)13(14)8-11-3-5-17-6-4-11/h7,11,13H,3-6,8,14H2,1-2H3. The lowest BCUT2D eigenvalue weighted by atomic mass is 9.89. The quantitative estimate of drug-likeness (QED) is 0.869. The molecule has 1 fully saturated rings. The Hall–Kier alpha value is -1.00. The van der Waals surface area contributed by atoms with Crippen LogP contribution >= 0.6 is 0 Å². The summed E-state index contributed by atoms with van der Waals surface area (Å²) in [4.78, 5) is 0. The number of aryl methyl sites for hydroxylation is 2. The lowest BCUT2D eigenvalue weighted by molar-refractivity contribution is 0.0618. The Morgan fingerprint density at radius 1 is 1.35 bits per heavy atom. The minimum atomic E-state index is 0.0762. The number of aromatic nitrogens is 2. The molecule has 0 radical (unpaired) electrons. The maximum absolute atomic E-state index is 6.29. The van der Waals surface area contributed by atoms with Gasteiger partial charge >= 0.3 is 0 Å². The molecule has 0 bridgehead atoms. The van der Waals surface area contributed by atoms with E-state index in [2.05, 4.69) is 16.3 Å². The van der Waals surface area contributed by atoms with E-state index in [9.17, 15) is 0 Å². The average molecular weight is 235 g/mol. The minimum Gasteiger partial charge on any atom is -0.381 e. The normalized spacial score (nSPS) is 19.2. The van der Waals surface area contributed by atoms with Crippen LogP contribution < -0.4 is 5.73 Å². The first kappa shape index (κ1) is 12.5. The highest BCUT2D eigenvalue weighted by Crippen LogP contribution is 2.27. The van der Waals surface area contributed by atoms with Crippen LogP contribution in [-0.2, 0) is 4.74 Å². The molecule has 1 unspecified atom stereocenters. The zero-order valence-corrected chi connectivity index (χ0v) is 10.6. The Bertz CT molecular complexity index is 375. The van der Waals surface area contributed by atoms with Crippen molar-refractivity contribution in [3.63, 3.8) is 0 Å². The molecule has 0 saturated carbocycles. The maximum Gasteiger partial charge on any atom is 0.0648 e. The molecule has 94 valence electrons. The largest absolute Gasteiger partial charge is 0.381 e. The van der Waals surface area contributed by atoms with Crippen molar-refractivity contribution in [3.8, 4) is 0 Å². The van der Waals surface area contributed by atoms with Gasteiger partial charge in [-0.3, -0.25) is 0 Å². The van der Waals surface area contributed by atoms with E-state index >= 15 is 0 Å². The zero-order chi connectivity index (χ0) is 12.3. The molecule has 2 rings (SSSR count). The van der Waals surface area contributed by atoms with Crippen LogP contribution in [0, 0.1) is 19.8 Å². The van der Waals surface area contributed by atoms with Crippen LogP contribution in [0.3, 0.4) is 0 Å². The SMILES string of the molecule is Cc1cc(C(N)CC2CCOCC2)c(C)nn1. The highest BCUT2D eigenvalue weighted by atomic mass is 16.5. The average Bonchev–Trinajstić information content (AvgIpc) is 2.33. The summed E-state index contributed by atoms with van der Waals surface area (Å²) in [7, 11) is 0. The van der Waals surface area contributed by atoms with E-state index in [-0.39, 0.29) is 6.04 Å². The summed E-state index contributed by atoms with van der Waals surface area (Å²) in [5, 5.41) is 8.18. The summed E-state index contributed by atoms with van der Waals surface area (Å²) < 4.78 is 5.37. The van der Waals surface area contributed by atoms with E-state index in [4.69, 9.17) is 10.5 Å². The predicted octanol–water partition coefficient (Wildman–Crippen LogP) is 1.91. The lowest BCUT2D eigenvalue weighted by Gasteiger charge is -2.25. The predicted molar refractivity (Wildman–Crippen MR) is 66.6 cm³/mol. The van der Waals surface area contributed by atoms with Gasteiger partial charge in [0.25, 0.3) is 0 Å². The Morgan fingerprint density at radius 3 is 2.76 bits per heavy atom. The fourth-order valence-electron chi connectivity index (χ4n) is 2.41. The van der Waals surface area contributed by atoms with Crippen molar-refractivity contribution in [1.29, 1.82) is 0 Å². The summed E-state index contributed by atoms with van der Waals surface area (Å²) >= 11 is 0. The molecule has 1 aliphatic heterocycles. The van der Waals surface area contributed by atoms with Crippen LogP contribution in [0.4, 0.5) is 0 Å². The number of rotatable bonds is 3. The molecule has 0 aliphatic carbocycles. The van der Waals surface area contributed by atoms with Crippen molar-refractivity contribution in [2.75, 3.05) is 13.2 Å². The van der Waals surface area contributed by atoms with Crippen molar-refractivity contribution in [2.45, 2.75) is 39.2 Å². The summed E-state index contributed by atoms with van der Waals surface area (Å²) in [6.45, 7) is 5.69. The fourth-order valence-corrected chi connectivity index (χ4v) is 2.41. The van der Waals surface area contributed by atoms with E-state index in [1.807, 2.05) is 13.8 Å². The summed E-state index contributed by atoms with van der Waals surface area (Å²) in [6.07, 6.45) is 3.28. The van der Waals surface area contributed by atoms with Gasteiger partial charge in [0, 0.05) is 19.3 Å². The molecule has 4 heteroatoms. The van der Waals surface area contributed by atoms with Gasteiger partial charge in [0.2, 0.25) is 0 Å². The molecule has 0 amide bonds. The third-order valence-corrected chi connectivity index (χ3v) is 3.47. The van der Waals surface area contributed by atoms with E-state index in [0.29, 0.717) is 5.92 Å².